The Labute approximate surface area is 113 Å². The zero-order valence-electron chi connectivity index (χ0n) is 11.3. The van der Waals surface area contributed by atoms with Crippen molar-refractivity contribution in [2.75, 3.05) is 6.54 Å². The number of oxime groups is 1. The van der Waals surface area contributed by atoms with Crippen molar-refractivity contribution in [3.8, 4) is 0 Å². The Kier molecular flexibility index (Phi) is 5.62. The third-order valence-corrected chi connectivity index (χ3v) is 4.03. The molecule has 0 fully saturated rings. The zero-order valence-corrected chi connectivity index (χ0v) is 12.1. The molecular formula is C13H23N3OS. The summed E-state index contributed by atoms with van der Waals surface area (Å²) < 4.78 is 0. The highest BCUT2D eigenvalue weighted by Crippen LogP contribution is 2.19. The lowest BCUT2D eigenvalue weighted by Gasteiger charge is -2.24. The maximum absolute atomic E-state index is 8.69. The van der Waals surface area contributed by atoms with Crippen LogP contribution in [0.4, 0.5) is 0 Å². The van der Waals surface area contributed by atoms with Crippen molar-refractivity contribution in [1.82, 2.24) is 5.32 Å². The fraction of sp³-hybridized carbons (Fsp3) is 0.615. The molecule has 0 saturated carbocycles. The molecule has 1 unspecified atom stereocenters. The fourth-order valence-corrected chi connectivity index (χ4v) is 2.53. The van der Waals surface area contributed by atoms with E-state index in [1.165, 1.54) is 4.88 Å². The highest BCUT2D eigenvalue weighted by Gasteiger charge is 2.23. The Balaban J connectivity index is 2.29. The van der Waals surface area contributed by atoms with Crippen molar-refractivity contribution < 1.29 is 5.21 Å². The highest BCUT2D eigenvalue weighted by molar-refractivity contribution is 7.09. The summed E-state index contributed by atoms with van der Waals surface area (Å²) in [5.41, 5.74) is 5.38. The first-order valence-corrected chi connectivity index (χ1v) is 7.07. The molecule has 1 rings (SSSR count). The first-order valence-electron chi connectivity index (χ1n) is 6.19. The number of nitrogens with zero attached hydrogens (tertiary/aromatic N) is 1. The molecule has 5 heteroatoms. The van der Waals surface area contributed by atoms with Gasteiger partial charge >= 0.3 is 0 Å². The van der Waals surface area contributed by atoms with Gasteiger partial charge < -0.3 is 16.3 Å². The molecule has 4 nitrogen and oxygen atoms in total. The van der Waals surface area contributed by atoms with E-state index in [9.17, 15) is 0 Å². The SMILES string of the molecule is CC(Cc1cccs1)NCCC(C)(C)C(N)=NO. The van der Waals surface area contributed by atoms with E-state index in [0.717, 1.165) is 19.4 Å². The van der Waals surface area contributed by atoms with E-state index >= 15 is 0 Å². The lowest BCUT2D eigenvalue weighted by Crippen LogP contribution is -2.37. The van der Waals surface area contributed by atoms with E-state index < -0.39 is 0 Å². The minimum Gasteiger partial charge on any atom is -0.409 e. The van der Waals surface area contributed by atoms with Crippen LogP contribution >= 0.6 is 11.3 Å². The third-order valence-electron chi connectivity index (χ3n) is 3.13. The van der Waals surface area contributed by atoms with Crippen molar-refractivity contribution >= 4 is 17.2 Å². The van der Waals surface area contributed by atoms with Gasteiger partial charge in [0.1, 0.15) is 5.84 Å². The predicted molar refractivity (Wildman–Crippen MR) is 77.3 cm³/mol. The van der Waals surface area contributed by atoms with Crippen LogP contribution in [0.25, 0.3) is 0 Å². The van der Waals surface area contributed by atoms with Gasteiger partial charge in [0.15, 0.2) is 0 Å². The fourth-order valence-electron chi connectivity index (χ4n) is 1.70. The first kappa shape index (κ1) is 15.0. The second-order valence-electron chi connectivity index (χ2n) is 5.26. The Morgan fingerprint density at radius 2 is 2.33 bits per heavy atom. The molecule has 1 aromatic heterocycles. The van der Waals surface area contributed by atoms with Gasteiger partial charge in [-0.15, -0.1) is 11.3 Å². The number of nitrogens with one attached hydrogen (secondary N) is 1. The van der Waals surface area contributed by atoms with Gasteiger partial charge in [-0.3, -0.25) is 0 Å². The second-order valence-corrected chi connectivity index (χ2v) is 6.29. The van der Waals surface area contributed by atoms with E-state index in [1.54, 1.807) is 11.3 Å². The maximum atomic E-state index is 8.69. The highest BCUT2D eigenvalue weighted by atomic mass is 32.1. The number of hydrogen-bond donors (Lipinski definition) is 3. The Bertz CT molecular complexity index is 374. The van der Waals surface area contributed by atoms with Crippen molar-refractivity contribution in [2.45, 2.75) is 39.7 Å². The second kappa shape index (κ2) is 6.75. The molecule has 0 spiro atoms. The smallest absolute Gasteiger partial charge is 0.144 e. The monoisotopic (exact) mass is 269 g/mol. The molecule has 0 aromatic carbocycles. The summed E-state index contributed by atoms with van der Waals surface area (Å²) in [6.45, 7) is 6.99. The normalized spacial score (nSPS) is 14.7. The minimum atomic E-state index is -0.273. The van der Waals surface area contributed by atoms with Crippen LogP contribution in [0.5, 0.6) is 0 Å². The van der Waals surface area contributed by atoms with Crippen molar-refractivity contribution in [3.63, 3.8) is 0 Å². The first-order chi connectivity index (χ1) is 8.45. The number of hydrogen-bond acceptors (Lipinski definition) is 4. The molecule has 0 radical (unpaired) electrons. The standard InChI is InChI=1S/C13H23N3OS/c1-10(9-11-5-4-8-18-11)15-7-6-13(2,3)12(14)16-17/h4-5,8,10,15,17H,6-7,9H2,1-3H3,(H2,14,16). The topological polar surface area (TPSA) is 70.6 Å². The molecule has 18 heavy (non-hydrogen) atoms. The molecule has 0 saturated heterocycles. The average Bonchev–Trinajstić information content (AvgIpc) is 2.80. The molecule has 102 valence electrons. The predicted octanol–water partition coefficient (Wildman–Crippen LogP) is 2.43. The van der Waals surface area contributed by atoms with Crippen LogP contribution in [-0.2, 0) is 6.42 Å². The molecule has 1 aromatic rings. The number of amidine groups is 1. The van der Waals surface area contributed by atoms with Crippen LogP contribution in [0.2, 0.25) is 0 Å². The van der Waals surface area contributed by atoms with Gasteiger partial charge in [-0.25, -0.2) is 0 Å². The largest absolute Gasteiger partial charge is 0.409 e. The molecule has 1 atom stereocenters. The van der Waals surface area contributed by atoms with E-state index in [1.807, 2.05) is 13.8 Å². The Morgan fingerprint density at radius 1 is 1.61 bits per heavy atom. The lowest BCUT2D eigenvalue weighted by atomic mass is 9.88. The van der Waals surface area contributed by atoms with Crippen molar-refractivity contribution in [3.05, 3.63) is 22.4 Å². The van der Waals surface area contributed by atoms with Crippen LogP contribution in [0.1, 0.15) is 32.1 Å². The van der Waals surface area contributed by atoms with E-state index in [-0.39, 0.29) is 11.3 Å². The van der Waals surface area contributed by atoms with Crippen LogP contribution in [0.3, 0.4) is 0 Å². The lowest BCUT2D eigenvalue weighted by molar-refractivity contribution is 0.304. The molecule has 0 aliphatic carbocycles. The molecule has 1 heterocycles. The van der Waals surface area contributed by atoms with Gasteiger partial charge in [0, 0.05) is 16.3 Å². The summed E-state index contributed by atoms with van der Waals surface area (Å²) in [5, 5.41) is 17.4. The molecule has 4 N–H and O–H groups in total. The maximum Gasteiger partial charge on any atom is 0.144 e. The summed E-state index contributed by atoms with van der Waals surface area (Å²) in [6, 6.07) is 4.67. The zero-order chi connectivity index (χ0) is 13.6. The summed E-state index contributed by atoms with van der Waals surface area (Å²) in [7, 11) is 0. The number of thiophene rings is 1. The van der Waals surface area contributed by atoms with Crippen LogP contribution in [0, 0.1) is 5.41 Å². The van der Waals surface area contributed by atoms with Gasteiger partial charge in [0.05, 0.1) is 0 Å². The van der Waals surface area contributed by atoms with Gasteiger partial charge in [-0.05, 0) is 37.8 Å². The summed E-state index contributed by atoms with van der Waals surface area (Å²) in [4.78, 5) is 1.39. The summed E-state index contributed by atoms with van der Waals surface area (Å²) in [6.07, 6.45) is 1.89. The van der Waals surface area contributed by atoms with Gasteiger partial charge in [-0.1, -0.05) is 25.1 Å². The van der Waals surface area contributed by atoms with Gasteiger partial charge in [0.2, 0.25) is 0 Å². The molecule has 0 aliphatic rings. The molecule has 0 bridgehead atoms. The molecule has 0 aliphatic heterocycles. The van der Waals surface area contributed by atoms with Crippen molar-refractivity contribution in [2.24, 2.45) is 16.3 Å². The van der Waals surface area contributed by atoms with Crippen LogP contribution < -0.4 is 11.1 Å². The number of rotatable bonds is 7. The Morgan fingerprint density at radius 3 is 2.89 bits per heavy atom. The van der Waals surface area contributed by atoms with E-state index in [0.29, 0.717) is 6.04 Å². The summed E-state index contributed by atoms with van der Waals surface area (Å²) in [5.74, 6) is 0.287. The summed E-state index contributed by atoms with van der Waals surface area (Å²) >= 11 is 1.79. The van der Waals surface area contributed by atoms with Gasteiger partial charge in [0.25, 0.3) is 0 Å². The van der Waals surface area contributed by atoms with E-state index in [2.05, 4.69) is 34.9 Å². The molecule has 0 amide bonds. The number of nitrogens with two attached hydrogens (primary N) is 1. The average molecular weight is 269 g/mol. The van der Waals surface area contributed by atoms with E-state index in [4.69, 9.17) is 10.9 Å². The van der Waals surface area contributed by atoms with Crippen molar-refractivity contribution in [1.29, 1.82) is 0 Å². The van der Waals surface area contributed by atoms with Crippen LogP contribution in [0.15, 0.2) is 22.7 Å². The van der Waals surface area contributed by atoms with Crippen LogP contribution in [-0.4, -0.2) is 23.6 Å². The molecular weight excluding hydrogens is 246 g/mol. The van der Waals surface area contributed by atoms with Gasteiger partial charge in [-0.2, -0.15) is 0 Å². The minimum absolute atomic E-state index is 0.273. The third kappa shape index (κ3) is 4.66. The quantitative estimate of drug-likeness (QED) is 0.308. The Hall–Kier alpha value is -1.07.